The largest absolute Gasteiger partial charge is 0.508 e. The van der Waals surface area contributed by atoms with Gasteiger partial charge in [0.2, 0.25) is 0 Å². The first-order chi connectivity index (χ1) is 9.71. The summed E-state index contributed by atoms with van der Waals surface area (Å²) < 4.78 is 5.21. The Morgan fingerprint density at radius 1 is 1.00 bits per heavy atom. The number of aromatic hydroxyl groups is 1. The lowest BCUT2D eigenvalue weighted by molar-refractivity contribution is 0.225. The molecule has 0 heterocycles. The second-order valence-electron chi connectivity index (χ2n) is 4.97. The number of aliphatic hydroxyl groups is 1. The highest BCUT2D eigenvalue weighted by molar-refractivity contribution is 5.29. The van der Waals surface area contributed by atoms with Crippen LogP contribution in [0.25, 0.3) is 0 Å². The lowest BCUT2D eigenvalue weighted by Crippen LogP contribution is -2.13. The highest BCUT2D eigenvalue weighted by atomic mass is 16.5. The number of hydrogen-bond donors (Lipinski definition) is 2. The van der Waals surface area contributed by atoms with Crippen LogP contribution >= 0.6 is 0 Å². The van der Waals surface area contributed by atoms with Gasteiger partial charge in [0.15, 0.2) is 0 Å². The molecule has 2 rings (SSSR count). The Bertz CT molecular complexity index is 534. The van der Waals surface area contributed by atoms with Crippen molar-refractivity contribution in [2.45, 2.75) is 12.8 Å². The lowest BCUT2D eigenvalue weighted by atomic mass is 9.93. The number of hydrogen-bond acceptors (Lipinski definition) is 3. The van der Waals surface area contributed by atoms with Gasteiger partial charge in [-0.25, -0.2) is 0 Å². The maximum atomic E-state index is 9.55. The normalized spacial score (nSPS) is 12.1. The molecule has 106 valence electrons. The maximum Gasteiger partial charge on any atom is 0.119 e. The number of phenols is 1. The first-order valence-corrected chi connectivity index (χ1v) is 6.73. The lowest BCUT2D eigenvalue weighted by Gasteiger charge is -2.15. The molecular formula is C17H20O3. The topological polar surface area (TPSA) is 49.7 Å². The first-order valence-electron chi connectivity index (χ1n) is 6.73. The van der Waals surface area contributed by atoms with Gasteiger partial charge in [-0.15, -0.1) is 0 Å². The molecule has 0 aromatic heterocycles. The summed E-state index contributed by atoms with van der Waals surface area (Å²) in [6.07, 6.45) is 1.59. The van der Waals surface area contributed by atoms with E-state index in [1.165, 1.54) is 0 Å². The van der Waals surface area contributed by atoms with Gasteiger partial charge in [-0.05, 0) is 54.2 Å². The molecule has 3 heteroatoms. The maximum absolute atomic E-state index is 9.55. The molecule has 0 saturated heterocycles. The fourth-order valence-corrected chi connectivity index (χ4v) is 2.30. The predicted molar refractivity (Wildman–Crippen MR) is 79.1 cm³/mol. The molecule has 2 aromatic carbocycles. The molecule has 0 saturated carbocycles. The van der Waals surface area contributed by atoms with Gasteiger partial charge in [0, 0.05) is 6.61 Å². The molecule has 0 aliphatic heterocycles. The number of aliphatic hydroxyl groups excluding tert-OH is 1. The van der Waals surface area contributed by atoms with Crippen molar-refractivity contribution >= 4 is 0 Å². The second-order valence-corrected chi connectivity index (χ2v) is 4.97. The van der Waals surface area contributed by atoms with E-state index in [9.17, 15) is 10.2 Å². The van der Waals surface area contributed by atoms with Gasteiger partial charge in [-0.1, -0.05) is 24.3 Å². The molecule has 0 radical (unpaired) electrons. The molecule has 0 aliphatic rings. The van der Waals surface area contributed by atoms with Crippen molar-refractivity contribution in [1.82, 2.24) is 0 Å². The fraction of sp³-hybridized carbons (Fsp3) is 0.294. The third-order valence-corrected chi connectivity index (χ3v) is 3.38. The van der Waals surface area contributed by atoms with Crippen molar-refractivity contribution in [1.29, 1.82) is 0 Å². The van der Waals surface area contributed by atoms with Crippen LogP contribution in [0, 0.1) is 5.92 Å². The van der Waals surface area contributed by atoms with E-state index < -0.39 is 0 Å². The van der Waals surface area contributed by atoms with Gasteiger partial charge in [0.1, 0.15) is 11.5 Å². The summed E-state index contributed by atoms with van der Waals surface area (Å²) >= 11 is 0. The van der Waals surface area contributed by atoms with E-state index >= 15 is 0 Å². The number of ether oxygens (including phenoxy) is 1. The van der Waals surface area contributed by atoms with Crippen LogP contribution in [0.2, 0.25) is 0 Å². The van der Waals surface area contributed by atoms with Crippen molar-refractivity contribution < 1.29 is 14.9 Å². The van der Waals surface area contributed by atoms with E-state index in [-0.39, 0.29) is 18.3 Å². The minimum Gasteiger partial charge on any atom is -0.508 e. The Kier molecular flexibility index (Phi) is 5.02. The van der Waals surface area contributed by atoms with Crippen LogP contribution in [-0.4, -0.2) is 23.9 Å². The third-order valence-electron chi connectivity index (χ3n) is 3.38. The molecule has 2 N–H and O–H groups in total. The van der Waals surface area contributed by atoms with Crippen LogP contribution in [0.15, 0.2) is 48.5 Å². The average molecular weight is 272 g/mol. The van der Waals surface area contributed by atoms with E-state index in [1.807, 2.05) is 36.4 Å². The molecule has 1 atom stereocenters. The first kappa shape index (κ1) is 14.4. The van der Waals surface area contributed by atoms with E-state index in [0.717, 1.165) is 29.7 Å². The van der Waals surface area contributed by atoms with Crippen LogP contribution in [0.5, 0.6) is 11.5 Å². The van der Waals surface area contributed by atoms with Crippen molar-refractivity contribution in [3.63, 3.8) is 0 Å². The summed E-state index contributed by atoms with van der Waals surface area (Å²) in [6.45, 7) is 0.137. The highest BCUT2D eigenvalue weighted by Gasteiger charge is 2.10. The average Bonchev–Trinajstić information content (AvgIpc) is 2.49. The van der Waals surface area contributed by atoms with E-state index in [2.05, 4.69) is 0 Å². The molecule has 1 unspecified atom stereocenters. The van der Waals surface area contributed by atoms with Crippen LogP contribution in [0.1, 0.15) is 11.1 Å². The van der Waals surface area contributed by atoms with Crippen LogP contribution in [-0.2, 0) is 12.8 Å². The molecule has 0 bridgehead atoms. The van der Waals surface area contributed by atoms with Gasteiger partial charge in [0.05, 0.1) is 7.11 Å². The minimum atomic E-state index is 0.137. The highest BCUT2D eigenvalue weighted by Crippen LogP contribution is 2.19. The molecule has 2 aromatic rings. The summed E-state index contributed by atoms with van der Waals surface area (Å²) in [7, 11) is 1.65. The van der Waals surface area contributed by atoms with Crippen LogP contribution < -0.4 is 4.74 Å². The Morgan fingerprint density at radius 2 is 1.70 bits per heavy atom. The van der Waals surface area contributed by atoms with E-state index in [0.29, 0.717) is 0 Å². The van der Waals surface area contributed by atoms with Gasteiger partial charge < -0.3 is 14.9 Å². The standard InChI is InChI=1S/C17H20O3/c1-20-17-4-2-3-14(11-17)10-15(12-18)9-13-5-7-16(19)8-6-13/h2-8,11,15,18-19H,9-10,12H2,1H3. The molecule has 0 fully saturated rings. The predicted octanol–water partition coefficient (Wildman–Crippen LogP) is 2.79. The smallest absolute Gasteiger partial charge is 0.119 e. The van der Waals surface area contributed by atoms with Gasteiger partial charge in [-0.3, -0.25) is 0 Å². The molecule has 0 aliphatic carbocycles. The van der Waals surface area contributed by atoms with Crippen LogP contribution in [0.3, 0.4) is 0 Å². The zero-order valence-corrected chi connectivity index (χ0v) is 11.6. The third kappa shape index (κ3) is 4.00. The zero-order chi connectivity index (χ0) is 14.4. The van der Waals surface area contributed by atoms with E-state index in [1.54, 1.807) is 19.2 Å². The van der Waals surface area contributed by atoms with Crippen molar-refractivity contribution in [2.24, 2.45) is 5.92 Å². The van der Waals surface area contributed by atoms with Crippen molar-refractivity contribution in [2.75, 3.05) is 13.7 Å². The summed E-state index contributed by atoms with van der Waals surface area (Å²) in [5.74, 6) is 1.26. The summed E-state index contributed by atoms with van der Waals surface area (Å²) in [4.78, 5) is 0. The summed E-state index contributed by atoms with van der Waals surface area (Å²) in [5.41, 5.74) is 2.27. The number of benzene rings is 2. The minimum absolute atomic E-state index is 0.137. The monoisotopic (exact) mass is 272 g/mol. The number of phenolic OH excluding ortho intramolecular Hbond substituents is 1. The van der Waals surface area contributed by atoms with Crippen molar-refractivity contribution in [3.05, 3.63) is 59.7 Å². The number of methoxy groups -OCH3 is 1. The molecular weight excluding hydrogens is 252 g/mol. The molecule has 0 amide bonds. The van der Waals surface area contributed by atoms with Gasteiger partial charge in [-0.2, -0.15) is 0 Å². The zero-order valence-electron chi connectivity index (χ0n) is 11.6. The Hall–Kier alpha value is -2.00. The summed E-state index contributed by atoms with van der Waals surface area (Å²) in [5, 5.41) is 18.8. The van der Waals surface area contributed by atoms with Crippen LogP contribution in [0.4, 0.5) is 0 Å². The quantitative estimate of drug-likeness (QED) is 0.850. The number of rotatable bonds is 6. The van der Waals surface area contributed by atoms with Gasteiger partial charge in [0.25, 0.3) is 0 Å². The summed E-state index contributed by atoms with van der Waals surface area (Å²) in [6, 6.07) is 15.1. The molecule has 0 spiro atoms. The van der Waals surface area contributed by atoms with Crippen molar-refractivity contribution in [3.8, 4) is 11.5 Å². The Labute approximate surface area is 119 Å². The SMILES string of the molecule is COc1cccc(CC(CO)Cc2ccc(O)cc2)c1. The fourth-order valence-electron chi connectivity index (χ4n) is 2.30. The Morgan fingerprint density at radius 3 is 2.35 bits per heavy atom. The second kappa shape index (κ2) is 6.96. The Balaban J connectivity index is 2.02. The molecule has 3 nitrogen and oxygen atoms in total. The molecule has 20 heavy (non-hydrogen) atoms. The van der Waals surface area contributed by atoms with Gasteiger partial charge >= 0.3 is 0 Å². The van der Waals surface area contributed by atoms with E-state index in [4.69, 9.17) is 4.74 Å².